The highest BCUT2D eigenvalue weighted by molar-refractivity contribution is 7.09. The fourth-order valence-electron chi connectivity index (χ4n) is 2.75. The van der Waals surface area contributed by atoms with Gasteiger partial charge in [-0.25, -0.2) is 4.98 Å². The fourth-order valence-corrected chi connectivity index (χ4v) is 3.38. The molecule has 6 heteroatoms. The highest BCUT2D eigenvalue weighted by atomic mass is 32.1. The standard InChI is InChI=1S/C14H21N5S/c1-18(2)8-12-5-16-14(17-12)11-3-4-19(7-11)9-13-6-15-10-20-13/h5-6,10-11H,3-4,7-9H2,1-2H3,(H,16,17)/t11-/m0/s1. The molecular weight excluding hydrogens is 270 g/mol. The number of hydrogen-bond donors (Lipinski definition) is 1. The lowest BCUT2D eigenvalue weighted by Crippen LogP contribution is -2.19. The van der Waals surface area contributed by atoms with E-state index in [1.165, 1.54) is 17.0 Å². The van der Waals surface area contributed by atoms with Gasteiger partial charge in [0.25, 0.3) is 0 Å². The Hall–Kier alpha value is -1.24. The van der Waals surface area contributed by atoms with E-state index in [-0.39, 0.29) is 0 Å². The van der Waals surface area contributed by atoms with Crippen LogP contribution in [0.3, 0.4) is 0 Å². The third-order valence-electron chi connectivity index (χ3n) is 3.66. The number of thiazole rings is 1. The van der Waals surface area contributed by atoms with Crippen LogP contribution in [0.15, 0.2) is 17.9 Å². The van der Waals surface area contributed by atoms with Crippen LogP contribution in [0.1, 0.15) is 28.7 Å². The second kappa shape index (κ2) is 6.03. The smallest absolute Gasteiger partial charge is 0.110 e. The van der Waals surface area contributed by atoms with Crippen molar-refractivity contribution in [1.82, 2.24) is 24.8 Å². The minimum absolute atomic E-state index is 0.541. The van der Waals surface area contributed by atoms with Crippen molar-refractivity contribution in [2.45, 2.75) is 25.4 Å². The van der Waals surface area contributed by atoms with Gasteiger partial charge in [0.15, 0.2) is 0 Å². The molecule has 108 valence electrons. The van der Waals surface area contributed by atoms with Gasteiger partial charge in [-0.3, -0.25) is 9.88 Å². The number of aromatic nitrogens is 3. The molecule has 20 heavy (non-hydrogen) atoms. The molecule has 1 atom stereocenters. The van der Waals surface area contributed by atoms with Crippen molar-refractivity contribution in [1.29, 1.82) is 0 Å². The molecule has 0 aliphatic carbocycles. The first kappa shape index (κ1) is 13.7. The second-order valence-corrected chi connectivity index (χ2v) is 6.69. The highest BCUT2D eigenvalue weighted by Gasteiger charge is 2.26. The number of nitrogens with zero attached hydrogens (tertiary/aromatic N) is 4. The Kier molecular flexibility index (Phi) is 4.14. The van der Waals surface area contributed by atoms with E-state index in [4.69, 9.17) is 0 Å². The van der Waals surface area contributed by atoms with Gasteiger partial charge in [-0.1, -0.05) is 0 Å². The molecule has 3 rings (SSSR count). The number of H-pyrrole nitrogens is 1. The summed E-state index contributed by atoms with van der Waals surface area (Å²) in [6, 6.07) is 0. The van der Waals surface area contributed by atoms with Crippen LogP contribution in [0.5, 0.6) is 0 Å². The van der Waals surface area contributed by atoms with Gasteiger partial charge in [0, 0.05) is 48.5 Å². The van der Waals surface area contributed by atoms with E-state index in [0.717, 1.165) is 32.0 Å². The largest absolute Gasteiger partial charge is 0.345 e. The van der Waals surface area contributed by atoms with Crippen molar-refractivity contribution in [3.8, 4) is 0 Å². The molecule has 1 saturated heterocycles. The van der Waals surface area contributed by atoms with Crippen LogP contribution in [0.25, 0.3) is 0 Å². The van der Waals surface area contributed by atoms with E-state index in [0.29, 0.717) is 5.92 Å². The lowest BCUT2D eigenvalue weighted by atomic mass is 10.1. The molecule has 3 heterocycles. The first-order valence-electron chi connectivity index (χ1n) is 6.99. The molecule has 0 bridgehead atoms. The highest BCUT2D eigenvalue weighted by Crippen LogP contribution is 2.26. The number of rotatable bonds is 5. The Balaban J connectivity index is 1.58. The molecule has 0 unspecified atom stereocenters. The first-order valence-corrected chi connectivity index (χ1v) is 7.87. The van der Waals surface area contributed by atoms with Gasteiger partial charge in [-0.2, -0.15) is 0 Å². The summed E-state index contributed by atoms with van der Waals surface area (Å²) in [6.07, 6.45) is 5.13. The molecule has 1 fully saturated rings. The Morgan fingerprint density at radius 2 is 2.35 bits per heavy atom. The van der Waals surface area contributed by atoms with E-state index in [1.54, 1.807) is 11.3 Å². The second-order valence-electron chi connectivity index (χ2n) is 5.72. The fraction of sp³-hybridized carbons (Fsp3) is 0.571. The van der Waals surface area contributed by atoms with Crippen molar-refractivity contribution in [3.05, 3.63) is 34.3 Å². The van der Waals surface area contributed by atoms with Crippen molar-refractivity contribution in [2.75, 3.05) is 27.2 Å². The van der Waals surface area contributed by atoms with Gasteiger partial charge in [-0.05, 0) is 27.1 Å². The van der Waals surface area contributed by atoms with Gasteiger partial charge in [0.2, 0.25) is 0 Å². The third kappa shape index (κ3) is 3.26. The summed E-state index contributed by atoms with van der Waals surface area (Å²) in [5.41, 5.74) is 3.11. The first-order chi connectivity index (χ1) is 9.70. The predicted octanol–water partition coefficient (Wildman–Crippen LogP) is 1.92. The molecule has 0 saturated carbocycles. The number of nitrogens with one attached hydrogen (secondary N) is 1. The Labute approximate surface area is 123 Å². The molecule has 0 aromatic carbocycles. The SMILES string of the molecule is CN(C)Cc1cnc([C@H]2CCN(Cc3cncs3)C2)[nH]1. The maximum absolute atomic E-state index is 4.56. The lowest BCUT2D eigenvalue weighted by molar-refractivity contribution is 0.328. The van der Waals surface area contributed by atoms with Gasteiger partial charge in [0.1, 0.15) is 5.82 Å². The monoisotopic (exact) mass is 291 g/mol. The summed E-state index contributed by atoms with van der Waals surface area (Å²) in [5.74, 6) is 1.69. The molecule has 0 radical (unpaired) electrons. The zero-order valence-corrected chi connectivity index (χ0v) is 12.9. The van der Waals surface area contributed by atoms with Crippen LogP contribution in [-0.4, -0.2) is 51.9 Å². The molecule has 2 aromatic rings. The van der Waals surface area contributed by atoms with E-state index in [1.807, 2.05) is 17.9 Å². The predicted molar refractivity (Wildman–Crippen MR) is 80.7 cm³/mol. The van der Waals surface area contributed by atoms with Crippen LogP contribution in [-0.2, 0) is 13.1 Å². The lowest BCUT2D eigenvalue weighted by Gasteiger charge is -2.13. The average molecular weight is 291 g/mol. The Morgan fingerprint density at radius 3 is 3.10 bits per heavy atom. The summed E-state index contributed by atoms with van der Waals surface area (Å²) in [5, 5.41) is 0. The number of imidazole rings is 1. The van der Waals surface area contributed by atoms with Crippen molar-refractivity contribution in [2.24, 2.45) is 0 Å². The molecule has 2 aromatic heterocycles. The van der Waals surface area contributed by atoms with Crippen molar-refractivity contribution < 1.29 is 0 Å². The zero-order chi connectivity index (χ0) is 13.9. The molecule has 1 N–H and O–H groups in total. The van der Waals surface area contributed by atoms with E-state index in [9.17, 15) is 0 Å². The van der Waals surface area contributed by atoms with E-state index < -0.39 is 0 Å². The quantitative estimate of drug-likeness (QED) is 0.914. The van der Waals surface area contributed by atoms with Crippen LogP contribution in [0.2, 0.25) is 0 Å². The Morgan fingerprint density at radius 1 is 1.45 bits per heavy atom. The van der Waals surface area contributed by atoms with Crippen LogP contribution >= 0.6 is 11.3 Å². The minimum atomic E-state index is 0.541. The molecule has 1 aliphatic rings. The average Bonchev–Trinajstić information content (AvgIpc) is 3.09. The van der Waals surface area contributed by atoms with Gasteiger partial charge in [0.05, 0.1) is 5.51 Å². The summed E-state index contributed by atoms with van der Waals surface area (Å²) >= 11 is 1.74. The topological polar surface area (TPSA) is 48.1 Å². The van der Waals surface area contributed by atoms with Crippen LogP contribution in [0, 0.1) is 0 Å². The van der Waals surface area contributed by atoms with E-state index in [2.05, 4.69) is 38.8 Å². The zero-order valence-electron chi connectivity index (χ0n) is 12.0. The van der Waals surface area contributed by atoms with Gasteiger partial charge in [-0.15, -0.1) is 11.3 Å². The molecule has 0 amide bonds. The number of hydrogen-bond acceptors (Lipinski definition) is 5. The summed E-state index contributed by atoms with van der Waals surface area (Å²) in [4.78, 5) is 18.2. The van der Waals surface area contributed by atoms with Gasteiger partial charge >= 0.3 is 0 Å². The molecule has 5 nitrogen and oxygen atoms in total. The van der Waals surface area contributed by atoms with Crippen LogP contribution in [0.4, 0.5) is 0 Å². The number of aromatic amines is 1. The van der Waals surface area contributed by atoms with Crippen molar-refractivity contribution in [3.63, 3.8) is 0 Å². The summed E-state index contributed by atoms with van der Waals surface area (Å²) in [6.45, 7) is 4.18. The molecule has 1 aliphatic heterocycles. The van der Waals surface area contributed by atoms with Crippen LogP contribution < -0.4 is 0 Å². The van der Waals surface area contributed by atoms with E-state index >= 15 is 0 Å². The van der Waals surface area contributed by atoms with Gasteiger partial charge < -0.3 is 9.88 Å². The Bertz CT molecular complexity index is 534. The summed E-state index contributed by atoms with van der Waals surface area (Å²) < 4.78 is 0. The van der Waals surface area contributed by atoms with Crippen molar-refractivity contribution >= 4 is 11.3 Å². The minimum Gasteiger partial charge on any atom is -0.345 e. The molecule has 0 spiro atoms. The summed E-state index contributed by atoms with van der Waals surface area (Å²) in [7, 11) is 4.15. The maximum Gasteiger partial charge on any atom is 0.110 e. The molecular formula is C14H21N5S. The number of likely N-dealkylation sites (tertiary alicyclic amines) is 1. The maximum atomic E-state index is 4.56. The third-order valence-corrected chi connectivity index (χ3v) is 4.42. The normalized spacial score (nSPS) is 20.1.